The van der Waals surface area contributed by atoms with Crippen molar-refractivity contribution in [1.82, 2.24) is 4.98 Å². The van der Waals surface area contributed by atoms with Crippen molar-refractivity contribution in [2.45, 2.75) is 45.4 Å². The second-order valence-electron chi connectivity index (χ2n) is 4.81. The van der Waals surface area contributed by atoms with Crippen molar-refractivity contribution in [3.05, 3.63) is 28.9 Å². The van der Waals surface area contributed by atoms with Gasteiger partial charge >= 0.3 is 0 Å². The van der Waals surface area contributed by atoms with E-state index < -0.39 is 0 Å². The van der Waals surface area contributed by atoms with Crippen molar-refractivity contribution < 1.29 is 5.11 Å². The Bertz CT molecular complexity index is 533. The molecule has 0 spiro atoms. The minimum atomic E-state index is 0.388. The lowest BCUT2D eigenvalue weighted by Gasteiger charge is -2.17. The van der Waals surface area contributed by atoms with E-state index >= 15 is 0 Å². The van der Waals surface area contributed by atoms with Gasteiger partial charge in [0, 0.05) is 11.6 Å². The first-order valence-corrected chi connectivity index (χ1v) is 7.05. The van der Waals surface area contributed by atoms with Crippen molar-refractivity contribution in [3.63, 3.8) is 0 Å². The molecule has 98 valence electrons. The third kappa shape index (κ3) is 2.35. The van der Waals surface area contributed by atoms with Crippen molar-refractivity contribution in [2.75, 3.05) is 0 Å². The van der Waals surface area contributed by atoms with Crippen LogP contribution in [-0.4, -0.2) is 10.1 Å². The van der Waals surface area contributed by atoms with Gasteiger partial charge in [-0.05, 0) is 36.5 Å². The Hall–Kier alpha value is -1.15. The van der Waals surface area contributed by atoms with E-state index in [4.69, 9.17) is 11.6 Å². The van der Waals surface area contributed by atoms with Gasteiger partial charge in [-0.1, -0.05) is 38.3 Å². The lowest BCUT2D eigenvalue weighted by molar-refractivity contribution is 0.458. The quantitative estimate of drug-likeness (QED) is 0.765. The number of aromatic amines is 1. The van der Waals surface area contributed by atoms with Gasteiger partial charge in [0.15, 0.2) is 0 Å². The standard InChI is InChI=1S/C15H20ClNO/c1-3-5-6-10(4-2)12-9-13(16)14-11(15(12)18)7-8-17-14/h7-10,17-18H,3-6H2,1-2H3. The molecule has 18 heavy (non-hydrogen) atoms. The third-order valence-corrected chi connectivity index (χ3v) is 3.93. The number of phenolic OH excluding ortho intramolecular Hbond substituents is 1. The zero-order chi connectivity index (χ0) is 13.1. The maximum atomic E-state index is 10.4. The van der Waals surface area contributed by atoms with Crippen LogP contribution in [-0.2, 0) is 0 Å². The van der Waals surface area contributed by atoms with Crippen LogP contribution >= 0.6 is 11.6 Å². The van der Waals surface area contributed by atoms with Crippen LogP contribution in [0.4, 0.5) is 0 Å². The second-order valence-corrected chi connectivity index (χ2v) is 5.22. The van der Waals surface area contributed by atoms with Crippen molar-refractivity contribution in [1.29, 1.82) is 0 Å². The number of phenols is 1. The fourth-order valence-corrected chi connectivity index (χ4v) is 2.81. The third-order valence-electron chi connectivity index (χ3n) is 3.64. The molecule has 1 heterocycles. The Morgan fingerprint density at radius 3 is 2.83 bits per heavy atom. The van der Waals surface area contributed by atoms with Gasteiger partial charge in [-0.25, -0.2) is 0 Å². The molecule has 2 rings (SSSR count). The van der Waals surface area contributed by atoms with E-state index in [0.717, 1.165) is 29.3 Å². The highest BCUT2D eigenvalue weighted by Gasteiger charge is 2.17. The van der Waals surface area contributed by atoms with Crippen LogP contribution in [0.3, 0.4) is 0 Å². The first-order chi connectivity index (χ1) is 8.69. The first-order valence-electron chi connectivity index (χ1n) is 6.67. The lowest BCUT2D eigenvalue weighted by Crippen LogP contribution is -1.98. The molecule has 0 bridgehead atoms. The van der Waals surface area contributed by atoms with Gasteiger partial charge in [-0.3, -0.25) is 0 Å². The summed E-state index contributed by atoms with van der Waals surface area (Å²) in [7, 11) is 0. The van der Waals surface area contributed by atoms with Crippen LogP contribution in [0.25, 0.3) is 10.9 Å². The number of fused-ring (bicyclic) bond motifs is 1. The summed E-state index contributed by atoms with van der Waals surface area (Å²) in [5.74, 6) is 0.778. The summed E-state index contributed by atoms with van der Waals surface area (Å²) < 4.78 is 0. The summed E-state index contributed by atoms with van der Waals surface area (Å²) in [4.78, 5) is 3.06. The number of H-pyrrole nitrogens is 1. The number of aromatic nitrogens is 1. The molecular weight excluding hydrogens is 246 g/mol. The SMILES string of the molecule is CCCCC(CC)c1cc(Cl)c2[nH]ccc2c1O. The summed E-state index contributed by atoms with van der Waals surface area (Å²) in [5.41, 5.74) is 1.81. The molecule has 0 aliphatic rings. The van der Waals surface area contributed by atoms with E-state index in [2.05, 4.69) is 18.8 Å². The van der Waals surface area contributed by atoms with Gasteiger partial charge in [0.1, 0.15) is 5.75 Å². The van der Waals surface area contributed by atoms with Gasteiger partial charge in [0.25, 0.3) is 0 Å². The Morgan fingerprint density at radius 1 is 1.39 bits per heavy atom. The van der Waals surface area contributed by atoms with E-state index in [9.17, 15) is 5.11 Å². The molecule has 1 aromatic carbocycles. The molecule has 1 atom stereocenters. The van der Waals surface area contributed by atoms with E-state index in [1.165, 1.54) is 12.8 Å². The lowest BCUT2D eigenvalue weighted by atomic mass is 9.90. The summed E-state index contributed by atoms with van der Waals surface area (Å²) in [6.07, 6.45) is 6.30. The topological polar surface area (TPSA) is 36.0 Å². The maximum Gasteiger partial charge on any atom is 0.128 e. The van der Waals surface area contributed by atoms with Gasteiger partial charge < -0.3 is 10.1 Å². The molecule has 1 unspecified atom stereocenters. The largest absolute Gasteiger partial charge is 0.507 e. The monoisotopic (exact) mass is 265 g/mol. The van der Waals surface area contributed by atoms with Crippen LogP contribution in [0.5, 0.6) is 5.75 Å². The smallest absolute Gasteiger partial charge is 0.128 e. The molecule has 0 fully saturated rings. The molecule has 0 aliphatic heterocycles. The fraction of sp³-hybridized carbons (Fsp3) is 0.467. The Kier molecular flexibility index (Phi) is 4.18. The van der Waals surface area contributed by atoms with Gasteiger partial charge in [-0.2, -0.15) is 0 Å². The van der Waals surface area contributed by atoms with Crippen LogP contribution < -0.4 is 0 Å². The summed E-state index contributed by atoms with van der Waals surface area (Å²) in [5, 5.41) is 11.9. The Morgan fingerprint density at radius 2 is 2.17 bits per heavy atom. The Balaban J connectivity index is 2.45. The van der Waals surface area contributed by atoms with Crippen LogP contribution in [0.2, 0.25) is 5.02 Å². The molecule has 0 saturated heterocycles. The zero-order valence-electron chi connectivity index (χ0n) is 11.0. The summed E-state index contributed by atoms with van der Waals surface area (Å²) in [6.45, 7) is 4.35. The number of rotatable bonds is 5. The molecular formula is C15H20ClNO. The summed E-state index contributed by atoms with van der Waals surface area (Å²) >= 11 is 6.27. The number of nitrogens with one attached hydrogen (secondary N) is 1. The molecule has 0 radical (unpaired) electrons. The van der Waals surface area contributed by atoms with E-state index in [1.807, 2.05) is 18.3 Å². The van der Waals surface area contributed by atoms with Crippen LogP contribution in [0, 0.1) is 0 Å². The van der Waals surface area contributed by atoms with Gasteiger partial charge in [0.05, 0.1) is 10.5 Å². The second kappa shape index (κ2) is 5.66. The fourth-order valence-electron chi connectivity index (χ4n) is 2.54. The molecule has 0 aliphatic carbocycles. The normalized spacial score (nSPS) is 13.1. The molecule has 2 aromatic rings. The molecule has 3 heteroatoms. The van der Waals surface area contributed by atoms with Crippen molar-refractivity contribution in [3.8, 4) is 5.75 Å². The maximum absolute atomic E-state index is 10.4. The predicted molar refractivity (Wildman–Crippen MR) is 77.5 cm³/mol. The van der Waals surface area contributed by atoms with E-state index in [1.54, 1.807) is 0 Å². The molecule has 2 N–H and O–H groups in total. The average Bonchev–Trinajstić information content (AvgIpc) is 2.86. The average molecular weight is 266 g/mol. The minimum absolute atomic E-state index is 0.388. The molecule has 2 nitrogen and oxygen atoms in total. The van der Waals surface area contributed by atoms with Crippen molar-refractivity contribution >= 4 is 22.5 Å². The molecule has 0 saturated carbocycles. The molecule has 0 amide bonds. The highest BCUT2D eigenvalue weighted by Crippen LogP contribution is 2.40. The highest BCUT2D eigenvalue weighted by atomic mass is 35.5. The number of hydrogen-bond acceptors (Lipinski definition) is 1. The highest BCUT2D eigenvalue weighted by molar-refractivity contribution is 6.35. The number of benzene rings is 1. The van der Waals surface area contributed by atoms with Gasteiger partial charge in [0.2, 0.25) is 0 Å². The number of hydrogen-bond donors (Lipinski definition) is 2. The van der Waals surface area contributed by atoms with E-state index in [-0.39, 0.29) is 0 Å². The number of halogens is 1. The van der Waals surface area contributed by atoms with Crippen LogP contribution in [0.1, 0.15) is 51.0 Å². The first kappa shape index (κ1) is 13.3. The summed E-state index contributed by atoms with van der Waals surface area (Å²) in [6, 6.07) is 3.80. The molecule has 1 aromatic heterocycles. The zero-order valence-corrected chi connectivity index (χ0v) is 11.7. The number of aromatic hydroxyl groups is 1. The Labute approximate surface area is 113 Å². The van der Waals surface area contributed by atoms with Crippen LogP contribution in [0.15, 0.2) is 18.3 Å². The van der Waals surface area contributed by atoms with Gasteiger partial charge in [-0.15, -0.1) is 0 Å². The number of unbranched alkanes of at least 4 members (excludes halogenated alkanes) is 1. The predicted octanol–water partition coefficient (Wildman–Crippen LogP) is 5.21. The van der Waals surface area contributed by atoms with Crippen molar-refractivity contribution in [2.24, 2.45) is 0 Å². The minimum Gasteiger partial charge on any atom is -0.507 e. The van der Waals surface area contributed by atoms with E-state index in [0.29, 0.717) is 16.7 Å².